The Morgan fingerprint density at radius 1 is 1.50 bits per heavy atom. The van der Waals surface area contributed by atoms with Crippen molar-refractivity contribution in [1.82, 2.24) is 5.32 Å². The maximum absolute atomic E-state index is 11.7. The molecule has 0 atom stereocenters. The average Bonchev–Trinajstić information content (AvgIpc) is 2.05. The molecule has 1 N–H and O–H groups in total. The van der Waals surface area contributed by atoms with Crippen molar-refractivity contribution in [3.05, 3.63) is 6.42 Å². The summed E-state index contributed by atoms with van der Waals surface area (Å²) in [4.78, 5) is 10.8. The second-order valence-electron chi connectivity index (χ2n) is 2.69. The second-order valence-corrected chi connectivity index (χ2v) is 5.24. The lowest BCUT2D eigenvalue weighted by Crippen LogP contribution is -2.22. The molecule has 0 aromatic heterocycles. The number of carbonyl (C=O) groups is 1. The molecule has 5 heteroatoms. The fraction of sp³-hybridized carbons (Fsp3) is 0.714. The number of nitrogens with one attached hydrogen (secondary N) is 1. The van der Waals surface area contributed by atoms with Crippen LogP contribution in [0.1, 0.15) is 12.8 Å². The summed E-state index contributed by atoms with van der Waals surface area (Å²) in [5.74, 6) is 1.06. The van der Waals surface area contributed by atoms with E-state index in [1.54, 1.807) is 0 Å². The van der Waals surface area contributed by atoms with Gasteiger partial charge in [0.1, 0.15) is 0 Å². The van der Waals surface area contributed by atoms with E-state index >= 15 is 0 Å². The zero-order valence-electron chi connectivity index (χ0n) is 7.08. The molecule has 1 heterocycles. The first-order valence-electron chi connectivity index (χ1n) is 3.92. The van der Waals surface area contributed by atoms with E-state index in [2.05, 4.69) is 16.1 Å². The Hall–Kier alpha value is -0.580. The molecule has 4 nitrogen and oxygen atoms in total. The first-order chi connectivity index (χ1) is 5.66. The van der Waals surface area contributed by atoms with Gasteiger partial charge in [-0.15, -0.1) is 4.36 Å². The van der Waals surface area contributed by atoms with Crippen molar-refractivity contribution >= 4 is 15.8 Å². The van der Waals surface area contributed by atoms with Gasteiger partial charge in [0.2, 0.25) is 0 Å². The number of nitrogens with zero attached hydrogens (tertiary/aromatic N) is 1. The van der Waals surface area contributed by atoms with Gasteiger partial charge in [0.25, 0.3) is 0 Å². The molecule has 1 saturated heterocycles. The maximum Gasteiger partial charge on any atom is 0.348 e. The third-order valence-corrected chi connectivity index (χ3v) is 3.99. The predicted molar refractivity (Wildman–Crippen MR) is 48.3 cm³/mol. The molecule has 1 fully saturated rings. The standard InChI is InChI=1S/C7H13N2O2S/c1-8-7(10)9-12(11)5-3-2-4-6-12/h2H,3-6H2,1H3,(H,8,10). The summed E-state index contributed by atoms with van der Waals surface area (Å²) < 4.78 is 15.4. The highest BCUT2D eigenvalue weighted by atomic mass is 32.2. The molecule has 12 heavy (non-hydrogen) atoms. The lowest BCUT2D eigenvalue weighted by Gasteiger charge is -2.13. The number of rotatable bonds is 0. The highest BCUT2D eigenvalue weighted by Crippen LogP contribution is 2.12. The van der Waals surface area contributed by atoms with E-state index in [1.165, 1.54) is 7.05 Å². The van der Waals surface area contributed by atoms with Crippen LogP contribution in [0.25, 0.3) is 0 Å². The van der Waals surface area contributed by atoms with Gasteiger partial charge >= 0.3 is 6.03 Å². The molecule has 1 aliphatic heterocycles. The maximum atomic E-state index is 11.7. The topological polar surface area (TPSA) is 58.5 Å². The lowest BCUT2D eigenvalue weighted by atomic mass is 10.3. The Balaban J connectivity index is 2.75. The monoisotopic (exact) mass is 189 g/mol. The van der Waals surface area contributed by atoms with Crippen LogP contribution < -0.4 is 5.32 Å². The van der Waals surface area contributed by atoms with Gasteiger partial charge in [-0.05, 0) is 19.3 Å². The molecule has 0 bridgehead atoms. The highest BCUT2D eigenvalue weighted by Gasteiger charge is 2.15. The quantitative estimate of drug-likeness (QED) is 0.612. The van der Waals surface area contributed by atoms with E-state index in [9.17, 15) is 9.00 Å². The van der Waals surface area contributed by atoms with Gasteiger partial charge in [-0.2, -0.15) is 0 Å². The Kier molecular flexibility index (Phi) is 3.08. The fourth-order valence-corrected chi connectivity index (χ4v) is 2.92. The predicted octanol–water partition coefficient (Wildman–Crippen LogP) is 0.792. The smallest absolute Gasteiger partial charge is 0.339 e. The largest absolute Gasteiger partial charge is 0.348 e. The van der Waals surface area contributed by atoms with Gasteiger partial charge in [0.05, 0.1) is 9.73 Å². The van der Waals surface area contributed by atoms with E-state index < -0.39 is 15.8 Å². The van der Waals surface area contributed by atoms with Gasteiger partial charge < -0.3 is 5.32 Å². The van der Waals surface area contributed by atoms with E-state index in [4.69, 9.17) is 0 Å². The van der Waals surface area contributed by atoms with E-state index in [-0.39, 0.29) is 0 Å². The van der Waals surface area contributed by atoms with Crippen molar-refractivity contribution in [3.8, 4) is 0 Å². The number of hydrogen-bond acceptors (Lipinski definition) is 2. The number of hydrogen-bond donors (Lipinski definition) is 1. The van der Waals surface area contributed by atoms with Crippen LogP contribution in [0.2, 0.25) is 0 Å². The summed E-state index contributed by atoms with van der Waals surface area (Å²) >= 11 is 0. The van der Waals surface area contributed by atoms with Crippen LogP contribution in [0.4, 0.5) is 4.79 Å². The van der Waals surface area contributed by atoms with Gasteiger partial charge in [0, 0.05) is 18.6 Å². The minimum atomic E-state index is -2.22. The molecule has 1 aliphatic rings. The molecule has 69 valence electrons. The van der Waals surface area contributed by atoms with Gasteiger partial charge in [-0.3, -0.25) is 0 Å². The van der Waals surface area contributed by atoms with Gasteiger partial charge in [-0.1, -0.05) is 0 Å². The third-order valence-electron chi connectivity index (χ3n) is 1.75. The van der Waals surface area contributed by atoms with Crippen LogP contribution in [0.5, 0.6) is 0 Å². The Morgan fingerprint density at radius 2 is 2.08 bits per heavy atom. The average molecular weight is 189 g/mol. The van der Waals surface area contributed by atoms with E-state index in [0.29, 0.717) is 11.5 Å². The summed E-state index contributed by atoms with van der Waals surface area (Å²) in [6.45, 7) is 0. The minimum absolute atomic E-state index is 0.470. The van der Waals surface area contributed by atoms with Crippen molar-refractivity contribution in [3.63, 3.8) is 0 Å². The second kappa shape index (κ2) is 3.89. The first-order valence-corrected chi connectivity index (χ1v) is 5.77. The first kappa shape index (κ1) is 9.51. The minimum Gasteiger partial charge on any atom is -0.339 e. The van der Waals surface area contributed by atoms with Crippen molar-refractivity contribution in [2.24, 2.45) is 4.36 Å². The van der Waals surface area contributed by atoms with Crippen LogP contribution in [-0.4, -0.2) is 28.8 Å². The molecule has 0 aliphatic carbocycles. The Morgan fingerprint density at radius 3 is 2.58 bits per heavy atom. The van der Waals surface area contributed by atoms with Crippen LogP contribution in [0.3, 0.4) is 0 Å². The normalized spacial score (nSPS) is 21.4. The Labute approximate surface area is 72.9 Å². The van der Waals surface area contributed by atoms with E-state index in [1.807, 2.05) is 0 Å². The molecular weight excluding hydrogens is 176 g/mol. The zero-order chi connectivity index (χ0) is 9.03. The highest BCUT2D eigenvalue weighted by molar-refractivity contribution is 7.93. The molecule has 1 radical (unpaired) electrons. The van der Waals surface area contributed by atoms with Crippen molar-refractivity contribution in [1.29, 1.82) is 0 Å². The lowest BCUT2D eigenvalue weighted by molar-refractivity contribution is 0.251. The molecule has 0 unspecified atom stereocenters. The fourth-order valence-electron chi connectivity index (χ4n) is 1.07. The summed E-state index contributed by atoms with van der Waals surface area (Å²) in [7, 11) is -0.730. The number of amides is 2. The molecule has 0 aromatic rings. The molecule has 1 rings (SSSR count). The Bertz CT molecular complexity index is 267. The van der Waals surface area contributed by atoms with Gasteiger partial charge in [-0.25, -0.2) is 9.00 Å². The summed E-state index contributed by atoms with van der Waals surface area (Å²) in [6.07, 6.45) is 3.70. The number of carbonyl (C=O) groups excluding carboxylic acids is 1. The number of urea groups is 1. The summed E-state index contributed by atoms with van der Waals surface area (Å²) in [5, 5.41) is 2.34. The molecule has 0 aromatic carbocycles. The van der Waals surface area contributed by atoms with Crippen LogP contribution in [0.15, 0.2) is 4.36 Å². The van der Waals surface area contributed by atoms with Crippen LogP contribution >= 0.6 is 0 Å². The molecular formula is C7H13N2O2S. The summed E-state index contributed by atoms with van der Waals surface area (Å²) in [6, 6.07) is -0.470. The van der Waals surface area contributed by atoms with Crippen molar-refractivity contribution in [2.45, 2.75) is 12.8 Å². The molecule has 0 spiro atoms. The van der Waals surface area contributed by atoms with Crippen LogP contribution in [-0.2, 0) is 9.73 Å². The molecule has 2 amide bonds. The van der Waals surface area contributed by atoms with E-state index in [0.717, 1.165) is 12.8 Å². The van der Waals surface area contributed by atoms with Crippen molar-refractivity contribution < 1.29 is 9.00 Å². The summed E-state index contributed by atoms with van der Waals surface area (Å²) in [5.41, 5.74) is 0. The van der Waals surface area contributed by atoms with Crippen LogP contribution in [0, 0.1) is 6.42 Å². The van der Waals surface area contributed by atoms with Gasteiger partial charge in [0.15, 0.2) is 0 Å². The third kappa shape index (κ3) is 2.48. The zero-order valence-corrected chi connectivity index (χ0v) is 7.89. The van der Waals surface area contributed by atoms with Crippen molar-refractivity contribution in [2.75, 3.05) is 18.6 Å². The molecule has 0 saturated carbocycles. The SMILES string of the molecule is CNC(=O)N=S1(=O)CC[CH]CC1.